The molecule has 3 rings (SSSR count). The maximum Gasteiger partial charge on any atom is 0.264 e. The summed E-state index contributed by atoms with van der Waals surface area (Å²) in [6, 6.07) is 15.4. The van der Waals surface area contributed by atoms with Gasteiger partial charge < -0.3 is 15.0 Å². The first-order valence-corrected chi connectivity index (χ1v) is 14.3. The molecule has 0 bridgehead atoms. The summed E-state index contributed by atoms with van der Waals surface area (Å²) >= 11 is 12.2. The number of aryl methyl sites for hydroxylation is 2. The first-order valence-electron chi connectivity index (χ1n) is 12.1. The molecule has 0 unspecified atom stereocenters. The number of likely N-dealkylation sites (N-methyl/N-ethyl adjacent to an activating group) is 1. The monoisotopic (exact) mass is 591 g/mol. The van der Waals surface area contributed by atoms with Gasteiger partial charge in [-0.25, -0.2) is 8.42 Å². The molecular formula is C28H31Cl2N3O5S. The lowest BCUT2D eigenvalue weighted by atomic mass is 10.1. The molecule has 0 aliphatic rings. The fourth-order valence-electron chi connectivity index (χ4n) is 3.97. The summed E-state index contributed by atoms with van der Waals surface area (Å²) in [5.74, 6) is -0.736. The van der Waals surface area contributed by atoms with Crippen LogP contribution < -0.4 is 14.4 Å². The second-order valence-corrected chi connectivity index (χ2v) is 11.7. The Morgan fingerprint density at radius 1 is 0.949 bits per heavy atom. The number of amides is 2. The highest BCUT2D eigenvalue weighted by molar-refractivity contribution is 7.92. The SMILES string of the molecule is CNC(=O)[C@@H](C)N(Cc1ccc(Cl)c(Cl)c1)C(=O)CN(c1cc(C)ccc1OC)S(=O)(=O)c1ccc(C)cc1. The summed E-state index contributed by atoms with van der Waals surface area (Å²) in [5.41, 5.74) is 2.48. The van der Waals surface area contributed by atoms with Crippen LogP contribution in [0.4, 0.5) is 5.69 Å². The molecule has 0 spiro atoms. The first kappa shape index (κ1) is 30.3. The molecule has 0 fully saturated rings. The minimum Gasteiger partial charge on any atom is -0.495 e. The number of carbonyl (C=O) groups excluding carboxylic acids is 2. The number of halogens is 2. The van der Waals surface area contributed by atoms with E-state index in [1.165, 1.54) is 31.2 Å². The van der Waals surface area contributed by atoms with Crippen LogP contribution in [0.25, 0.3) is 0 Å². The van der Waals surface area contributed by atoms with Gasteiger partial charge in [-0.3, -0.25) is 13.9 Å². The van der Waals surface area contributed by atoms with E-state index in [-0.39, 0.29) is 22.9 Å². The van der Waals surface area contributed by atoms with E-state index < -0.39 is 34.4 Å². The van der Waals surface area contributed by atoms with Crippen LogP contribution in [0, 0.1) is 13.8 Å². The molecule has 1 N–H and O–H groups in total. The summed E-state index contributed by atoms with van der Waals surface area (Å²) in [4.78, 5) is 27.8. The van der Waals surface area contributed by atoms with Gasteiger partial charge in [-0.1, -0.05) is 53.0 Å². The molecular weight excluding hydrogens is 561 g/mol. The van der Waals surface area contributed by atoms with Crippen LogP contribution in [-0.4, -0.2) is 51.9 Å². The maximum atomic E-state index is 14.0. The summed E-state index contributed by atoms with van der Waals surface area (Å²) in [6.45, 7) is 4.64. The third-order valence-corrected chi connectivity index (χ3v) is 8.75. The summed E-state index contributed by atoms with van der Waals surface area (Å²) in [6.07, 6.45) is 0. The topological polar surface area (TPSA) is 96.0 Å². The van der Waals surface area contributed by atoms with E-state index in [4.69, 9.17) is 27.9 Å². The van der Waals surface area contributed by atoms with Crippen molar-refractivity contribution >= 4 is 50.7 Å². The van der Waals surface area contributed by atoms with E-state index in [1.807, 2.05) is 13.8 Å². The highest BCUT2D eigenvalue weighted by atomic mass is 35.5. The molecule has 0 aliphatic carbocycles. The molecule has 1 atom stereocenters. The molecule has 0 radical (unpaired) electrons. The average molecular weight is 593 g/mol. The van der Waals surface area contributed by atoms with Gasteiger partial charge in [-0.15, -0.1) is 0 Å². The maximum absolute atomic E-state index is 14.0. The van der Waals surface area contributed by atoms with Crippen molar-refractivity contribution in [3.8, 4) is 5.75 Å². The second-order valence-electron chi connectivity index (χ2n) is 9.06. The zero-order valence-electron chi connectivity index (χ0n) is 22.4. The van der Waals surface area contributed by atoms with E-state index in [9.17, 15) is 18.0 Å². The van der Waals surface area contributed by atoms with Gasteiger partial charge in [-0.2, -0.15) is 0 Å². The van der Waals surface area contributed by atoms with Crippen LogP contribution in [0.3, 0.4) is 0 Å². The van der Waals surface area contributed by atoms with E-state index in [2.05, 4.69) is 5.32 Å². The Bertz CT molecular complexity index is 1460. The van der Waals surface area contributed by atoms with Crippen molar-refractivity contribution in [3.63, 3.8) is 0 Å². The number of methoxy groups -OCH3 is 1. The van der Waals surface area contributed by atoms with Crippen molar-refractivity contribution in [3.05, 3.63) is 87.4 Å². The molecule has 0 saturated heterocycles. The van der Waals surface area contributed by atoms with Gasteiger partial charge in [-0.05, 0) is 68.3 Å². The van der Waals surface area contributed by atoms with Crippen molar-refractivity contribution in [2.24, 2.45) is 0 Å². The number of hydrogen-bond donors (Lipinski definition) is 1. The van der Waals surface area contributed by atoms with Crippen molar-refractivity contribution in [2.45, 2.75) is 38.3 Å². The zero-order chi connectivity index (χ0) is 28.9. The Morgan fingerprint density at radius 2 is 1.59 bits per heavy atom. The number of hydrogen-bond acceptors (Lipinski definition) is 5. The third kappa shape index (κ3) is 7.03. The predicted octanol–water partition coefficient (Wildman–Crippen LogP) is 4.98. The number of carbonyl (C=O) groups is 2. The van der Waals surface area contributed by atoms with Crippen LogP contribution >= 0.6 is 23.2 Å². The van der Waals surface area contributed by atoms with Crippen molar-refractivity contribution in [1.29, 1.82) is 0 Å². The molecule has 0 saturated carbocycles. The number of rotatable bonds is 10. The lowest BCUT2D eigenvalue weighted by Crippen LogP contribution is -2.50. The van der Waals surface area contributed by atoms with Crippen LogP contribution in [0.5, 0.6) is 5.75 Å². The number of sulfonamides is 1. The second kappa shape index (κ2) is 12.7. The van der Waals surface area contributed by atoms with E-state index in [0.29, 0.717) is 15.6 Å². The molecule has 11 heteroatoms. The molecule has 0 aromatic heterocycles. The van der Waals surface area contributed by atoms with Crippen LogP contribution in [0.2, 0.25) is 10.0 Å². The Kier molecular flexibility index (Phi) is 9.88. The molecule has 39 heavy (non-hydrogen) atoms. The van der Waals surface area contributed by atoms with Crippen molar-refractivity contribution in [1.82, 2.24) is 10.2 Å². The first-order chi connectivity index (χ1) is 18.4. The molecule has 0 heterocycles. The quantitative estimate of drug-likeness (QED) is 0.359. The number of nitrogens with one attached hydrogen (secondary N) is 1. The van der Waals surface area contributed by atoms with Crippen LogP contribution in [0.15, 0.2) is 65.6 Å². The van der Waals surface area contributed by atoms with E-state index in [0.717, 1.165) is 15.4 Å². The van der Waals surface area contributed by atoms with Gasteiger partial charge in [0, 0.05) is 13.6 Å². The lowest BCUT2D eigenvalue weighted by molar-refractivity contribution is -0.139. The Morgan fingerprint density at radius 3 is 2.18 bits per heavy atom. The summed E-state index contributed by atoms with van der Waals surface area (Å²) in [7, 11) is -1.33. The third-order valence-electron chi connectivity index (χ3n) is 6.24. The number of ether oxygens (including phenoxy) is 1. The highest BCUT2D eigenvalue weighted by Crippen LogP contribution is 2.34. The number of nitrogens with zero attached hydrogens (tertiary/aromatic N) is 2. The predicted molar refractivity (Wildman–Crippen MR) is 154 cm³/mol. The van der Waals surface area contributed by atoms with Gasteiger partial charge in [0.2, 0.25) is 11.8 Å². The van der Waals surface area contributed by atoms with E-state index >= 15 is 0 Å². The van der Waals surface area contributed by atoms with Gasteiger partial charge in [0.1, 0.15) is 18.3 Å². The Labute approximate surface area is 239 Å². The van der Waals surface area contributed by atoms with Crippen LogP contribution in [-0.2, 0) is 26.2 Å². The molecule has 3 aromatic rings. The van der Waals surface area contributed by atoms with Gasteiger partial charge in [0.15, 0.2) is 0 Å². The Balaban J connectivity index is 2.11. The minimum absolute atomic E-state index is 0.00627. The number of benzene rings is 3. The van der Waals surface area contributed by atoms with Gasteiger partial charge >= 0.3 is 0 Å². The smallest absolute Gasteiger partial charge is 0.264 e. The van der Waals surface area contributed by atoms with Crippen molar-refractivity contribution in [2.75, 3.05) is 25.0 Å². The molecule has 2 amide bonds. The van der Waals surface area contributed by atoms with Gasteiger partial charge in [0.05, 0.1) is 27.7 Å². The number of anilines is 1. The minimum atomic E-state index is -4.22. The van der Waals surface area contributed by atoms with Crippen molar-refractivity contribution < 1.29 is 22.7 Å². The highest BCUT2D eigenvalue weighted by Gasteiger charge is 2.33. The Hall–Kier alpha value is -3.27. The van der Waals surface area contributed by atoms with E-state index in [1.54, 1.807) is 55.5 Å². The molecule has 0 aliphatic heterocycles. The fourth-order valence-corrected chi connectivity index (χ4v) is 5.71. The zero-order valence-corrected chi connectivity index (χ0v) is 24.7. The average Bonchev–Trinajstić information content (AvgIpc) is 2.91. The fraction of sp³-hybridized carbons (Fsp3) is 0.286. The largest absolute Gasteiger partial charge is 0.495 e. The summed E-state index contributed by atoms with van der Waals surface area (Å²) in [5, 5.41) is 3.19. The standard InChI is InChI=1S/C28H31Cl2N3O5S/c1-18-6-10-22(11-7-18)39(36,37)33(25-14-19(2)8-13-26(25)38-5)17-27(34)32(20(3)28(35)31-4)16-21-9-12-23(29)24(30)15-21/h6-15,20H,16-17H2,1-5H3,(H,31,35)/t20-/m1/s1. The van der Waals surface area contributed by atoms with Crippen LogP contribution in [0.1, 0.15) is 23.6 Å². The molecule has 208 valence electrons. The normalized spacial score (nSPS) is 12.0. The summed E-state index contributed by atoms with van der Waals surface area (Å²) < 4.78 is 34.4. The van der Waals surface area contributed by atoms with Gasteiger partial charge in [0.25, 0.3) is 10.0 Å². The lowest BCUT2D eigenvalue weighted by Gasteiger charge is -2.32. The molecule has 3 aromatic carbocycles. The molecule has 8 nitrogen and oxygen atoms in total.